The van der Waals surface area contributed by atoms with Gasteiger partial charge in [-0.2, -0.15) is 0 Å². The number of Topliss-reactive ketones (excluding diaryl/α,β-unsaturated/α-hetero) is 1. The molecule has 0 heterocycles. The maximum atomic E-state index is 12.2. The molecule has 15 heavy (non-hydrogen) atoms. The molecule has 0 bridgehead atoms. The maximum absolute atomic E-state index is 12.2. The van der Waals surface area contributed by atoms with Gasteiger partial charge in [0.2, 0.25) is 0 Å². The largest absolute Gasteiger partial charge is 0.319 e. The Kier molecular flexibility index (Phi) is 2.89. The van der Waals surface area contributed by atoms with E-state index in [1.807, 2.05) is 0 Å². The Morgan fingerprint density at radius 2 is 1.87 bits per heavy atom. The van der Waals surface area contributed by atoms with E-state index in [2.05, 4.69) is 13.8 Å². The van der Waals surface area contributed by atoms with Gasteiger partial charge in [-0.15, -0.1) is 0 Å². The molecule has 0 spiro atoms. The SMILES string of the molecule is CC1CCC(C(=O)C2(N)CCC2)CC1C. The van der Waals surface area contributed by atoms with Crippen molar-refractivity contribution in [3.8, 4) is 0 Å². The lowest BCUT2D eigenvalue weighted by atomic mass is 9.65. The van der Waals surface area contributed by atoms with Gasteiger partial charge in [-0.25, -0.2) is 0 Å². The average molecular weight is 209 g/mol. The number of rotatable bonds is 2. The molecular weight excluding hydrogens is 186 g/mol. The second kappa shape index (κ2) is 3.89. The van der Waals surface area contributed by atoms with Gasteiger partial charge in [0.15, 0.2) is 5.78 Å². The maximum Gasteiger partial charge on any atom is 0.155 e. The van der Waals surface area contributed by atoms with Crippen LogP contribution >= 0.6 is 0 Å². The summed E-state index contributed by atoms with van der Waals surface area (Å²) in [5.41, 5.74) is 5.68. The molecule has 0 aliphatic heterocycles. The predicted molar refractivity (Wildman–Crippen MR) is 61.4 cm³/mol. The molecule has 86 valence electrons. The smallest absolute Gasteiger partial charge is 0.155 e. The molecule has 2 N–H and O–H groups in total. The topological polar surface area (TPSA) is 43.1 Å². The molecular formula is C13H23NO. The van der Waals surface area contributed by atoms with Gasteiger partial charge in [-0.05, 0) is 50.4 Å². The van der Waals surface area contributed by atoms with Crippen molar-refractivity contribution in [3.63, 3.8) is 0 Å². The molecule has 0 aromatic heterocycles. The number of carbonyl (C=O) groups is 1. The van der Waals surface area contributed by atoms with Crippen LogP contribution in [0.5, 0.6) is 0 Å². The summed E-state index contributed by atoms with van der Waals surface area (Å²) >= 11 is 0. The number of hydrogen-bond donors (Lipinski definition) is 1. The molecule has 3 unspecified atom stereocenters. The normalized spacial score (nSPS) is 39.5. The third-order valence-electron chi connectivity index (χ3n) is 4.71. The van der Waals surface area contributed by atoms with Crippen LogP contribution in [0, 0.1) is 17.8 Å². The van der Waals surface area contributed by atoms with Gasteiger partial charge in [-0.1, -0.05) is 13.8 Å². The molecule has 2 aliphatic carbocycles. The van der Waals surface area contributed by atoms with Crippen LogP contribution in [-0.4, -0.2) is 11.3 Å². The van der Waals surface area contributed by atoms with E-state index >= 15 is 0 Å². The first-order chi connectivity index (χ1) is 7.03. The van der Waals surface area contributed by atoms with Crippen molar-refractivity contribution < 1.29 is 4.79 Å². The van der Waals surface area contributed by atoms with E-state index in [1.54, 1.807) is 0 Å². The molecule has 3 atom stereocenters. The second-order valence-electron chi connectivity index (χ2n) is 5.84. The Labute approximate surface area is 92.6 Å². The molecule has 0 saturated heterocycles. The quantitative estimate of drug-likeness (QED) is 0.759. The van der Waals surface area contributed by atoms with Crippen LogP contribution in [-0.2, 0) is 4.79 Å². The minimum absolute atomic E-state index is 0.265. The van der Waals surface area contributed by atoms with E-state index in [0.29, 0.717) is 11.7 Å². The van der Waals surface area contributed by atoms with Crippen LogP contribution in [0.3, 0.4) is 0 Å². The number of nitrogens with two attached hydrogens (primary N) is 1. The first-order valence-electron chi connectivity index (χ1n) is 6.36. The lowest BCUT2D eigenvalue weighted by Crippen LogP contribution is -2.56. The molecule has 2 aliphatic rings. The minimum atomic E-state index is -0.426. The zero-order chi connectivity index (χ0) is 11.1. The van der Waals surface area contributed by atoms with E-state index in [4.69, 9.17) is 5.73 Å². The summed E-state index contributed by atoms with van der Waals surface area (Å²) in [6.45, 7) is 4.57. The molecule has 2 saturated carbocycles. The van der Waals surface area contributed by atoms with Gasteiger partial charge in [0.05, 0.1) is 5.54 Å². The summed E-state index contributed by atoms with van der Waals surface area (Å²) in [6, 6.07) is 0. The number of hydrogen-bond acceptors (Lipinski definition) is 2. The first-order valence-corrected chi connectivity index (χ1v) is 6.36. The van der Waals surface area contributed by atoms with Gasteiger partial charge in [-0.3, -0.25) is 4.79 Å². The molecule has 0 aromatic carbocycles. The first kappa shape index (κ1) is 11.1. The van der Waals surface area contributed by atoms with Crippen molar-refractivity contribution in [1.29, 1.82) is 0 Å². The third kappa shape index (κ3) is 1.96. The Morgan fingerprint density at radius 3 is 2.33 bits per heavy atom. The van der Waals surface area contributed by atoms with Gasteiger partial charge in [0.1, 0.15) is 0 Å². The summed E-state index contributed by atoms with van der Waals surface area (Å²) < 4.78 is 0. The second-order valence-corrected chi connectivity index (χ2v) is 5.84. The molecule has 2 nitrogen and oxygen atoms in total. The number of carbonyl (C=O) groups excluding carboxylic acids is 1. The summed E-state index contributed by atoms with van der Waals surface area (Å²) in [6.07, 6.45) is 6.33. The highest BCUT2D eigenvalue weighted by Crippen LogP contribution is 2.39. The number of ketones is 1. The highest BCUT2D eigenvalue weighted by Gasteiger charge is 2.44. The highest BCUT2D eigenvalue weighted by atomic mass is 16.1. The van der Waals surface area contributed by atoms with Crippen molar-refractivity contribution in [2.24, 2.45) is 23.5 Å². The van der Waals surface area contributed by atoms with Gasteiger partial charge >= 0.3 is 0 Å². The van der Waals surface area contributed by atoms with Gasteiger partial charge < -0.3 is 5.73 Å². The summed E-state index contributed by atoms with van der Waals surface area (Å²) in [4.78, 5) is 12.2. The Morgan fingerprint density at radius 1 is 1.20 bits per heavy atom. The fourth-order valence-corrected chi connectivity index (χ4v) is 3.00. The lowest BCUT2D eigenvalue weighted by molar-refractivity contribution is -0.133. The van der Waals surface area contributed by atoms with Gasteiger partial charge in [0, 0.05) is 5.92 Å². The minimum Gasteiger partial charge on any atom is -0.319 e. The van der Waals surface area contributed by atoms with Crippen LogP contribution in [0.1, 0.15) is 52.4 Å². The van der Waals surface area contributed by atoms with Crippen LogP contribution in [0.4, 0.5) is 0 Å². The highest BCUT2D eigenvalue weighted by molar-refractivity contribution is 5.91. The van der Waals surface area contributed by atoms with Crippen LogP contribution in [0.2, 0.25) is 0 Å². The average Bonchev–Trinajstić information content (AvgIpc) is 2.17. The Balaban J connectivity index is 1.97. The predicted octanol–water partition coefficient (Wildman–Crippen LogP) is 2.51. The molecule has 0 radical (unpaired) electrons. The Bertz CT molecular complexity index is 257. The zero-order valence-corrected chi connectivity index (χ0v) is 9.96. The van der Waals surface area contributed by atoms with Crippen molar-refractivity contribution in [2.45, 2.75) is 57.9 Å². The standard InChI is InChI=1S/C13H23NO/c1-9-4-5-11(8-10(9)2)12(15)13(14)6-3-7-13/h9-11H,3-8,14H2,1-2H3. The third-order valence-corrected chi connectivity index (χ3v) is 4.71. The van der Waals surface area contributed by atoms with Crippen LogP contribution in [0.25, 0.3) is 0 Å². The fourth-order valence-electron chi connectivity index (χ4n) is 3.00. The van der Waals surface area contributed by atoms with Crippen LogP contribution < -0.4 is 5.73 Å². The molecule has 2 fully saturated rings. The van der Waals surface area contributed by atoms with E-state index in [-0.39, 0.29) is 5.92 Å². The van der Waals surface area contributed by atoms with Crippen molar-refractivity contribution in [3.05, 3.63) is 0 Å². The van der Waals surface area contributed by atoms with Crippen molar-refractivity contribution >= 4 is 5.78 Å². The van der Waals surface area contributed by atoms with Crippen LogP contribution in [0.15, 0.2) is 0 Å². The zero-order valence-electron chi connectivity index (χ0n) is 9.96. The van der Waals surface area contributed by atoms with Crippen molar-refractivity contribution in [2.75, 3.05) is 0 Å². The Hall–Kier alpha value is -0.370. The molecule has 0 aromatic rings. The van der Waals surface area contributed by atoms with E-state index in [0.717, 1.165) is 38.0 Å². The molecule has 2 rings (SSSR count). The van der Waals surface area contributed by atoms with E-state index < -0.39 is 5.54 Å². The molecule has 0 amide bonds. The summed E-state index contributed by atoms with van der Waals surface area (Å²) in [7, 11) is 0. The summed E-state index contributed by atoms with van der Waals surface area (Å²) in [5.74, 6) is 2.11. The van der Waals surface area contributed by atoms with E-state index in [9.17, 15) is 4.79 Å². The molecule has 2 heteroatoms. The fraction of sp³-hybridized carbons (Fsp3) is 0.923. The van der Waals surface area contributed by atoms with Crippen molar-refractivity contribution in [1.82, 2.24) is 0 Å². The monoisotopic (exact) mass is 209 g/mol. The summed E-state index contributed by atoms with van der Waals surface area (Å²) in [5, 5.41) is 0. The lowest BCUT2D eigenvalue weighted by Gasteiger charge is -2.41. The van der Waals surface area contributed by atoms with E-state index in [1.165, 1.54) is 6.42 Å². The van der Waals surface area contributed by atoms with Gasteiger partial charge in [0.25, 0.3) is 0 Å².